The molecule has 0 radical (unpaired) electrons. The molecular weight excluding hydrogens is 463 g/mol. The number of aromatic nitrogens is 1. The van der Waals surface area contributed by atoms with Crippen molar-refractivity contribution in [3.05, 3.63) is 105 Å². The lowest BCUT2D eigenvalue weighted by Crippen LogP contribution is -2.29. The second-order valence-electron chi connectivity index (χ2n) is 7.30. The summed E-state index contributed by atoms with van der Waals surface area (Å²) >= 11 is 3.38. The maximum Gasteiger partial charge on any atom is 0.295 e. The molecule has 156 valence electrons. The van der Waals surface area contributed by atoms with E-state index < -0.39 is 29.3 Å². The van der Waals surface area contributed by atoms with E-state index in [0.717, 1.165) is 16.1 Å². The highest BCUT2D eigenvalue weighted by Gasteiger charge is 2.46. The maximum atomic E-state index is 14.1. The Balaban J connectivity index is 1.87. The molecule has 7 heteroatoms. The molecule has 31 heavy (non-hydrogen) atoms. The van der Waals surface area contributed by atoms with E-state index in [-0.39, 0.29) is 17.7 Å². The van der Waals surface area contributed by atoms with Crippen LogP contribution in [-0.4, -0.2) is 26.7 Å². The van der Waals surface area contributed by atoms with Gasteiger partial charge in [0.15, 0.2) is 0 Å². The number of pyridine rings is 1. The highest BCUT2D eigenvalue weighted by molar-refractivity contribution is 9.10. The molecule has 0 spiro atoms. The molecule has 1 aliphatic heterocycles. The predicted molar refractivity (Wildman–Crippen MR) is 117 cm³/mol. The molecule has 2 heterocycles. The van der Waals surface area contributed by atoms with Crippen LogP contribution in [-0.2, 0) is 16.1 Å². The van der Waals surface area contributed by atoms with Crippen molar-refractivity contribution in [2.75, 3.05) is 0 Å². The fraction of sp³-hybridized carbons (Fsp3) is 0.125. The van der Waals surface area contributed by atoms with Gasteiger partial charge < -0.3 is 10.0 Å². The van der Waals surface area contributed by atoms with E-state index in [9.17, 15) is 19.1 Å². The highest BCUT2D eigenvalue weighted by atomic mass is 79.9. The first-order valence-electron chi connectivity index (χ1n) is 9.56. The Morgan fingerprint density at radius 2 is 1.90 bits per heavy atom. The van der Waals surface area contributed by atoms with Crippen LogP contribution in [0.3, 0.4) is 0 Å². The van der Waals surface area contributed by atoms with Gasteiger partial charge in [-0.25, -0.2) is 4.39 Å². The summed E-state index contributed by atoms with van der Waals surface area (Å²) in [6, 6.07) is 14.1. The normalized spacial score (nSPS) is 17.9. The van der Waals surface area contributed by atoms with Crippen molar-refractivity contribution in [1.29, 1.82) is 0 Å². The average molecular weight is 481 g/mol. The van der Waals surface area contributed by atoms with Crippen LogP contribution in [0.1, 0.15) is 28.3 Å². The molecule has 3 aromatic rings. The van der Waals surface area contributed by atoms with Gasteiger partial charge in [0.2, 0.25) is 0 Å². The SMILES string of the molecule is Cc1ccc(/C(O)=C2\C(=O)C(=O)N(Cc3cccnc3)C2c2ccc(Br)cc2)cc1F. The number of hydrogen-bond donors (Lipinski definition) is 1. The largest absolute Gasteiger partial charge is 0.507 e. The maximum absolute atomic E-state index is 14.1. The second kappa shape index (κ2) is 8.43. The third kappa shape index (κ3) is 4.01. The zero-order valence-corrected chi connectivity index (χ0v) is 18.1. The smallest absolute Gasteiger partial charge is 0.295 e. The Morgan fingerprint density at radius 1 is 1.16 bits per heavy atom. The lowest BCUT2D eigenvalue weighted by Gasteiger charge is -2.25. The summed E-state index contributed by atoms with van der Waals surface area (Å²) in [5.41, 5.74) is 1.88. The summed E-state index contributed by atoms with van der Waals surface area (Å²) in [5, 5.41) is 11.0. The number of aliphatic hydroxyl groups excluding tert-OH is 1. The van der Waals surface area contributed by atoms with Gasteiger partial charge in [-0.05, 0) is 47.9 Å². The molecule has 1 atom stereocenters. The minimum absolute atomic E-state index is 0.0699. The van der Waals surface area contributed by atoms with Crippen LogP contribution < -0.4 is 0 Å². The van der Waals surface area contributed by atoms with E-state index in [4.69, 9.17) is 0 Å². The third-order valence-corrected chi connectivity index (χ3v) is 5.78. The number of amides is 1. The van der Waals surface area contributed by atoms with Crippen molar-refractivity contribution in [3.63, 3.8) is 0 Å². The van der Waals surface area contributed by atoms with Crippen molar-refractivity contribution >= 4 is 33.4 Å². The molecule has 1 aromatic heterocycles. The third-order valence-electron chi connectivity index (χ3n) is 5.25. The van der Waals surface area contributed by atoms with Gasteiger partial charge in [0.05, 0.1) is 11.6 Å². The first-order valence-corrected chi connectivity index (χ1v) is 10.4. The molecule has 1 amide bonds. The molecule has 0 saturated carbocycles. The van der Waals surface area contributed by atoms with Crippen LogP contribution in [0.2, 0.25) is 0 Å². The standard InChI is InChI=1S/C24H18BrFN2O3/c1-14-4-5-17(11-19(14)26)22(29)20-21(16-6-8-18(25)9-7-16)28(24(31)23(20)30)13-15-3-2-10-27-12-15/h2-12,21,29H,13H2,1H3/b22-20+. The van der Waals surface area contributed by atoms with Gasteiger partial charge in [-0.3, -0.25) is 14.6 Å². The average Bonchev–Trinajstić information content (AvgIpc) is 3.01. The van der Waals surface area contributed by atoms with Crippen molar-refractivity contribution in [1.82, 2.24) is 9.88 Å². The summed E-state index contributed by atoms with van der Waals surface area (Å²) in [4.78, 5) is 31.4. The number of benzene rings is 2. The minimum atomic E-state index is -0.822. The lowest BCUT2D eigenvalue weighted by molar-refractivity contribution is -0.140. The van der Waals surface area contributed by atoms with E-state index in [1.54, 1.807) is 55.7 Å². The number of Topliss-reactive ketones (excluding diaryl/α,β-unsaturated/α-hetero) is 1. The number of nitrogens with zero attached hydrogens (tertiary/aromatic N) is 2. The molecule has 1 aliphatic rings. The fourth-order valence-corrected chi connectivity index (χ4v) is 3.88. The molecule has 2 aromatic carbocycles. The summed E-state index contributed by atoms with van der Waals surface area (Å²) in [5.74, 6) is -2.45. The monoisotopic (exact) mass is 480 g/mol. The second-order valence-corrected chi connectivity index (χ2v) is 8.22. The van der Waals surface area contributed by atoms with E-state index in [2.05, 4.69) is 20.9 Å². The van der Waals surface area contributed by atoms with Crippen LogP contribution in [0.25, 0.3) is 5.76 Å². The van der Waals surface area contributed by atoms with Gasteiger partial charge in [0, 0.05) is 29.0 Å². The van der Waals surface area contributed by atoms with E-state index in [1.165, 1.54) is 17.0 Å². The molecule has 0 aliphatic carbocycles. The zero-order chi connectivity index (χ0) is 22.1. The van der Waals surface area contributed by atoms with E-state index in [1.807, 2.05) is 0 Å². The van der Waals surface area contributed by atoms with Crippen molar-refractivity contribution < 1.29 is 19.1 Å². The number of aryl methyl sites for hydroxylation is 1. The minimum Gasteiger partial charge on any atom is -0.507 e. The summed E-state index contributed by atoms with van der Waals surface area (Å²) < 4.78 is 15.0. The number of carbonyl (C=O) groups excluding carboxylic acids is 2. The number of carbonyl (C=O) groups is 2. The number of rotatable bonds is 4. The molecule has 1 N–H and O–H groups in total. The van der Waals surface area contributed by atoms with Gasteiger partial charge in [0.25, 0.3) is 11.7 Å². The summed E-state index contributed by atoms with van der Waals surface area (Å²) in [6.07, 6.45) is 3.24. The van der Waals surface area contributed by atoms with Crippen LogP contribution in [0.4, 0.5) is 4.39 Å². The van der Waals surface area contributed by atoms with E-state index >= 15 is 0 Å². The van der Waals surface area contributed by atoms with Crippen LogP contribution in [0, 0.1) is 12.7 Å². The molecule has 1 fully saturated rings. The Bertz CT molecular complexity index is 1190. The quantitative estimate of drug-likeness (QED) is 0.327. The van der Waals surface area contributed by atoms with Crippen molar-refractivity contribution in [2.24, 2.45) is 0 Å². The fourth-order valence-electron chi connectivity index (χ4n) is 3.62. The topological polar surface area (TPSA) is 70.5 Å². The van der Waals surface area contributed by atoms with Gasteiger partial charge in [-0.2, -0.15) is 0 Å². The Kier molecular flexibility index (Phi) is 5.69. The predicted octanol–water partition coefficient (Wildman–Crippen LogP) is 4.91. The molecular formula is C24H18BrFN2O3. The first-order chi connectivity index (χ1) is 14.9. The van der Waals surface area contributed by atoms with Gasteiger partial charge in [-0.15, -0.1) is 0 Å². The van der Waals surface area contributed by atoms with Gasteiger partial charge >= 0.3 is 0 Å². The van der Waals surface area contributed by atoms with Gasteiger partial charge in [0.1, 0.15) is 11.6 Å². The number of halogens is 2. The van der Waals surface area contributed by atoms with E-state index in [0.29, 0.717) is 11.1 Å². The first kappa shape index (κ1) is 20.9. The Labute approximate surface area is 187 Å². The molecule has 0 bridgehead atoms. The Morgan fingerprint density at radius 3 is 2.55 bits per heavy atom. The molecule has 1 unspecified atom stereocenters. The number of aliphatic hydroxyl groups is 1. The van der Waals surface area contributed by atoms with Crippen molar-refractivity contribution in [3.8, 4) is 0 Å². The summed E-state index contributed by atoms with van der Waals surface area (Å²) in [7, 11) is 0. The lowest BCUT2D eigenvalue weighted by atomic mass is 9.95. The van der Waals surface area contributed by atoms with Crippen LogP contribution in [0.5, 0.6) is 0 Å². The number of likely N-dealkylation sites (tertiary alicyclic amines) is 1. The van der Waals surface area contributed by atoms with Crippen LogP contribution in [0.15, 0.2) is 77.0 Å². The molecule has 4 rings (SSSR count). The zero-order valence-electron chi connectivity index (χ0n) is 16.5. The molecule has 5 nitrogen and oxygen atoms in total. The Hall–Kier alpha value is -3.32. The summed E-state index contributed by atoms with van der Waals surface area (Å²) in [6.45, 7) is 1.74. The van der Waals surface area contributed by atoms with Gasteiger partial charge in [-0.1, -0.05) is 46.3 Å². The number of hydrogen-bond acceptors (Lipinski definition) is 4. The van der Waals surface area contributed by atoms with Crippen molar-refractivity contribution in [2.45, 2.75) is 19.5 Å². The highest BCUT2D eigenvalue weighted by Crippen LogP contribution is 2.40. The van der Waals surface area contributed by atoms with Crippen LogP contribution >= 0.6 is 15.9 Å². The molecule has 1 saturated heterocycles. The number of ketones is 1.